The minimum absolute atomic E-state index is 0.527. The molecule has 18 heavy (non-hydrogen) atoms. The van der Waals surface area contributed by atoms with Gasteiger partial charge in [0.1, 0.15) is 0 Å². The van der Waals surface area contributed by atoms with Crippen molar-refractivity contribution < 1.29 is 0 Å². The number of nitrogens with one attached hydrogen (secondary N) is 2. The van der Waals surface area contributed by atoms with Crippen molar-refractivity contribution in [3.63, 3.8) is 0 Å². The van der Waals surface area contributed by atoms with E-state index in [-0.39, 0.29) is 0 Å². The highest BCUT2D eigenvalue weighted by Gasteiger charge is 2.38. The summed E-state index contributed by atoms with van der Waals surface area (Å²) < 4.78 is 0. The standard InChI is InChI=1S/C15H23N3/c1-16-13-5-2-3-6-14(13)18-10-4-7-15(12-18)8-9-17-11-15/h2-3,5-6,16-17H,4,7-12H2,1H3. The maximum Gasteiger partial charge on any atom is 0.0602 e. The topological polar surface area (TPSA) is 27.3 Å². The van der Waals surface area contributed by atoms with Crippen molar-refractivity contribution in [1.29, 1.82) is 0 Å². The van der Waals surface area contributed by atoms with Gasteiger partial charge in [-0.3, -0.25) is 0 Å². The van der Waals surface area contributed by atoms with Crippen LogP contribution in [0.25, 0.3) is 0 Å². The zero-order valence-corrected chi connectivity index (χ0v) is 11.2. The third-order valence-electron chi connectivity index (χ3n) is 4.51. The predicted molar refractivity (Wildman–Crippen MR) is 77.4 cm³/mol. The summed E-state index contributed by atoms with van der Waals surface area (Å²) in [5, 5.41) is 6.86. The summed E-state index contributed by atoms with van der Waals surface area (Å²) in [6.07, 6.45) is 4.04. The van der Waals surface area contributed by atoms with Crippen molar-refractivity contribution in [2.75, 3.05) is 43.4 Å². The second-order valence-electron chi connectivity index (χ2n) is 5.72. The van der Waals surface area contributed by atoms with Crippen molar-refractivity contribution in [3.05, 3.63) is 24.3 Å². The fourth-order valence-electron chi connectivity index (χ4n) is 3.52. The number of anilines is 2. The summed E-state index contributed by atoms with van der Waals surface area (Å²) >= 11 is 0. The number of benzene rings is 1. The monoisotopic (exact) mass is 245 g/mol. The molecule has 3 nitrogen and oxygen atoms in total. The molecule has 0 amide bonds. The Kier molecular flexibility index (Phi) is 3.16. The predicted octanol–water partition coefficient (Wildman–Crippen LogP) is 2.31. The van der Waals surface area contributed by atoms with Gasteiger partial charge in [0.05, 0.1) is 11.4 Å². The van der Waals surface area contributed by atoms with Crippen LogP contribution < -0.4 is 15.5 Å². The van der Waals surface area contributed by atoms with Gasteiger partial charge in [0, 0.05) is 32.1 Å². The van der Waals surface area contributed by atoms with Crippen LogP contribution in [0, 0.1) is 5.41 Å². The van der Waals surface area contributed by atoms with Crippen molar-refractivity contribution >= 4 is 11.4 Å². The van der Waals surface area contributed by atoms with E-state index in [9.17, 15) is 0 Å². The highest BCUT2D eigenvalue weighted by atomic mass is 15.2. The fourth-order valence-corrected chi connectivity index (χ4v) is 3.52. The molecule has 1 aromatic carbocycles. The Morgan fingerprint density at radius 2 is 2.17 bits per heavy atom. The Labute approximate surface area is 110 Å². The number of hydrogen-bond acceptors (Lipinski definition) is 3. The van der Waals surface area contributed by atoms with Gasteiger partial charge in [0.25, 0.3) is 0 Å². The number of hydrogen-bond donors (Lipinski definition) is 2. The van der Waals surface area contributed by atoms with Crippen LogP contribution in [0.4, 0.5) is 11.4 Å². The molecule has 1 aromatic rings. The molecule has 1 spiro atoms. The first-order valence-electron chi connectivity index (χ1n) is 7.05. The van der Waals surface area contributed by atoms with Crippen LogP contribution in [0.2, 0.25) is 0 Å². The largest absolute Gasteiger partial charge is 0.386 e. The average molecular weight is 245 g/mol. The van der Waals surface area contributed by atoms with Gasteiger partial charge in [0.15, 0.2) is 0 Å². The first-order valence-corrected chi connectivity index (χ1v) is 7.05. The molecule has 98 valence electrons. The van der Waals surface area contributed by atoms with Gasteiger partial charge in [-0.25, -0.2) is 0 Å². The SMILES string of the molecule is CNc1ccccc1N1CCCC2(CCNC2)C1. The number of rotatable bonds is 2. The Morgan fingerprint density at radius 1 is 1.28 bits per heavy atom. The van der Waals surface area contributed by atoms with Crippen molar-refractivity contribution in [1.82, 2.24) is 5.32 Å². The Hall–Kier alpha value is -1.22. The molecule has 2 fully saturated rings. The Morgan fingerprint density at radius 3 is 2.94 bits per heavy atom. The molecule has 0 aliphatic carbocycles. The van der Waals surface area contributed by atoms with E-state index in [1.165, 1.54) is 56.8 Å². The summed E-state index contributed by atoms with van der Waals surface area (Å²) in [6.45, 7) is 4.80. The van der Waals surface area contributed by atoms with Crippen molar-refractivity contribution in [2.24, 2.45) is 5.41 Å². The van der Waals surface area contributed by atoms with E-state index in [0.717, 1.165) is 0 Å². The maximum atomic E-state index is 3.54. The van der Waals surface area contributed by atoms with Crippen LogP contribution >= 0.6 is 0 Å². The lowest BCUT2D eigenvalue weighted by Gasteiger charge is -2.41. The van der Waals surface area contributed by atoms with Crippen LogP contribution in [0.3, 0.4) is 0 Å². The molecular formula is C15H23N3. The Balaban J connectivity index is 1.83. The normalized spacial score (nSPS) is 27.7. The highest BCUT2D eigenvalue weighted by molar-refractivity contribution is 5.70. The molecule has 0 bridgehead atoms. The van der Waals surface area contributed by atoms with E-state index in [1.807, 2.05) is 7.05 Å². The summed E-state index contributed by atoms with van der Waals surface area (Å²) in [5.74, 6) is 0. The summed E-state index contributed by atoms with van der Waals surface area (Å²) in [4.78, 5) is 2.57. The van der Waals surface area contributed by atoms with Crippen LogP contribution in [-0.4, -0.2) is 33.2 Å². The molecule has 2 heterocycles. The highest BCUT2D eigenvalue weighted by Crippen LogP contribution is 2.38. The summed E-state index contributed by atoms with van der Waals surface area (Å²) in [7, 11) is 2.01. The minimum Gasteiger partial charge on any atom is -0.386 e. The van der Waals surface area contributed by atoms with Gasteiger partial charge in [0.2, 0.25) is 0 Å². The van der Waals surface area contributed by atoms with Crippen LogP contribution in [-0.2, 0) is 0 Å². The maximum absolute atomic E-state index is 3.54. The molecule has 0 saturated carbocycles. The van der Waals surface area contributed by atoms with E-state index >= 15 is 0 Å². The molecule has 0 radical (unpaired) electrons. The lowest BCUT2D eigenvalue weighted by Crippen LogP contribution is -2.44. The number of nitrogens with zero attached hydrogens (tertiary/aromatic N) is 1. The van der Waals surface area contributed by atoms with E-state index < -0.39 is 0 Å². The summed E-state index contributed by atoms with van der Waals surface area (Å²) in [6, 6.07) is 8.66. The zero-order valence-electron chi connectivity index (χ0n) is 11.2. The Bertz CT molecular complexity index is 410. The van der Waals surface area contributed by atoms with Gasteiger partial charge < -0.3 is 15.5 Å². The van der Waals surface area contributed by atoms with Gasteiger partial charge in [-0.2, -0.15) is 0 Å². The molecule has 0 aromatic heterocycles. The quantitative estimate of drug-likeness (QED) is 0.837. The van der Waals surface area contributed by atoms with Crippen LogP contribution in [0.5, 0.6) is 0 Å². The number of piperidine rings is 1. The molecule has 2 N–H and O–H groups in total. The third-order valence-corrected chi connectivity index (χ3v) is 4.51. The molecule has 1 unspecified atom stereocenters. The molecule has 3 rings (SSSR count). The van der Waals surface area contributed by atoms with Crippen molar-refractivity contribution in [2.45, 2.75) is 19.3 Å². The molecule has 2 saturated heterocycles. The molecule has 2 aliphatic heterocycles. The van der Waals surface area contributed by atoms with E-state index in [0.29, 0.717) is 5.41 Å². The fraction of sp³-hybridized carbons (Fsp3) is 0.600. The van der Waals surface area contributed by atoms with E-state index in [4.69, 9.17) is 0 Å². The summed E-state index contributed by atoms with van der Waals surface area (Å²) in [5.41, 5.74) is 3.14. The first-order chi connectivity index (χ1) is 8.83. The average Bonchev–Trinajstić information content (AvgIpc) is 2.86. The number of para-hydroxylation sites is 2. The molecule has 3 heteroatoms. The smallest absolute Gasteiger partial charge is 0.0602 e. The minimum atomic E-state index is 0.527. The second-order valence-corrected chi connectivity index (χ2v) is 5.72. The second kappa shape index (κ2) is 4.81. The van der Waals surface area contributed by atoms with Gasteiger partial charge in [-0.1, -0.05) is 12.1 Å². The van der Waals surface area contributed by atoms with E-state index in [2.05, 4.69) is 39.8 Å². The van der Waals surface area contributed by atoms with Crippen LogP contribution in [0.1, 0.15) is 19.3 Å². The first kappa shape index (κ1) is 11.8. The molecule has 1 atom stereocenters. The molecule has 2 aliphatic rings. The lowest BCUT2D eigenvalue weighted by atomic mass is 9.79. The molecular weight excluding hydrogens is 222 g/mol. The van der Waals surface area contributed by atoms with Crippen LogP contribution in [0.15, 0.2) is 24.3 Å². The van der Waals surface area contributed by atoms with Crippen molar-refractivity contribution in [3.8, 4) is 0 Å². The zero-order chi connectivity index (χ0) is 12.4. The van der Waals surface area contributed by atoms with Gasteiger partial charge in [-0.15, -0.1) is 0 Å². The van der Waals surface area contributed by atoms with E-state index in [1.54, 1.807) is 0 Å². The van der Waals surface area contributed by atoms with Gasteiger partial charge in [-0.05, 0) is 37.9 Å². The third kappa shape index (κ3) is 2.07. The lowest BCUT2D eigenvalue weighted by molar-refractivity contribution is 0.261. The van der Waals surface area contributed by atoms with Gasteiger partial charge >= 0.3 is 0 Å².